The van der Waals surface area contributed by atoms with E-state index in [4.69, 9.17) is 4.74 Å². The second-order valence-corrected chi connectivity index (χ2v) is 30.5. The molecule has 0 unspecified atom stereocenters. The van der Waals surface area contributed by atoms with Gasteiger partial charge in [-0.1, -0.05) is 161 Å². The quantitative estimate of drug-likeness (QED) is 0.0759. The maximum Gasteiger partial charge on any atom is 0.226 e. The minimum Gasteiger partial charge on any atom is -0.392 e. The molecule has 568 valence electrons. The standard InChI is InChI=1S/C71H123N7O13.C8H16/c1-23-27-30-48(15)67(86)54-41-61(82)65(47(13)14)77(22)70(89)52(35-43(5)6)39-60(81)56(36-44(7)8)74(19)42-63(84)50(17)72-68(87)49(16)38-59(80)57(37-45(9)10)75(20)71(90)53(46(11)12)40-62(83)66(51(18)91-34-29-28-33-78(25-3)26-4)76(21)64(85)32-31-58(79)55(24-2)73-69(54)88;1-4-5-6-7-8(2)3/h23,27-29,43-57,65-67,86H,24-26,30-42H2,1-22H3,(H,72,87)(H,73,88);5-6,8H,4,7H2,1-3H3/b27-23+,29-28+;6-5+/t48-,49-,50-,51-,52-,53+,54+,55+,56+,57+,65+,66+,67-;/m1./s1. The molecule has 0 spiro atoms. The molecule has 0 aromatic carbocycles. The summed E-state index contributed by atoms with van der Waals surface area (Å²) in [7, 11) is 6.13. The molecule has 0 aromatic rings. The summed E-state index contributed by atoms with van der Waals surface area (Å²) in [5, 5.41) is 17.6. The van der Waals surface area contributed by atoms with Crippen LogP contribution in [0.5, 0.6) is 0 Å². The topological polar surface area (TPSA) is 257 Å². The zero-order chi connectivity index (χ0) is 76.3. The molecule has 0 radical (unpaired) electrons. The van der Waals surface area contributed by atoms with Crippen molar-refractivity contribution in [3.05, 3.63) is 36.5 Å². The van der Waals surface area contributed by atoms with Crippen LogP contribution in [-0.2, 0) is 57.5 Å². The van der Waals surface area contributed by atoms with Crippen LogP contribution in [0.15, 0.2) is 36.5 Å². The summed E-state index contributed by atoms with van der Waals surface area (Å²) in [4.78, 5) is 168. The van der Waals surface area contributed by atoms with Crippen LogP contribution in [0.4, 0.5) is 0 Å². The summed E-state index contributed by atoms with van der Waals surface area (Å²) >= 11 is 0. The highest BCUT2D eigenvalue weighted by molar-refractivity contribution is 5.99. The number of aliphatic hydroxyl groups excluding tert-OH is 1. The van der Waals surface area contributed by atoms with E-state index >= 15 is 0 Å². The lowest BCUT2D eigenvalue weighted by Crippen LogP contribution is -2.53. The molecule has 1 rings (SSSR count). The first-order valence-electron chi connectivity index (χ1n) is 37.4. The molecule has 0 aliphatic carbocycles. The van der Waals surface area contributed by atoms with Crippen molar-refractivity contribution < 1.29 is 62.6 Å². The summed E-state index contributed by atoms with van der Waals surface area (Å²) in [5.74, 6) is -10.3. The van der Waals surface area contributed by atoms with E-state index in [9.17, 15) is 57.8 Å². The molecule has 0 bridgehead atoms. The van der Waals surface area contributed by atoms with Gasteiger partial charge in [-0.15, -0.1) is 0 Å². The number of amides is 5. The first-order chi connectivity index (χ1) is 46.2. The number of hydrogen-bond donors (Lipinski definition) is 3. The van der Waals surface area contributed by atoms with Crippen molar-refractivity contribution in [3.8, 4) is 0 Å². The van der Waals surface area contributed by atoms with E-state index in [0.717, 1.165) is 19.0 Å². The Morgan fingerprint density at radius 1 is 0.535 bits per heavy atom. The molecule has 20 heteroatoms. The number of likely N-dealkylation sites (N-methyl/N-ethyl adjacent to an activating group) is 5. The van der Waals surface area contributed by atoms with Gasteiger partial charge in [-0.3, -0.25) is 57.6 Å². The summed E-state index contributed by atoms with van der Waals surface area (Å²) in [6.45, 7) is 41.7. The number of nitrogens with one attached hydrogen (secondary N) is 2. The van der Waals surface area contributed by atoms with Crippen molar-refractivity contribution >= 4 is 64.2 Å². The second kappa shape index (κ2) is 48.3. The third kappa shape index (κ3) is 33.4. The molecule has 5 amide bonds. The van der Waals surface area contributed by atoms with Gasteiger partial charge in [0.05, 0.1) is 61.5 Å². The number of ketones is 6. The normalized spacial score (nSPS) is 25.5. The fraction of sp³-hybridized carbons (Fsp3) is 0.785. The van der Waals surface area contributed by atoms with E-state index in [1.54, 1.807) is 67.3 Å². The number of nitrogens with zero attached hydrogens (tertiary/aromatic N) is 5. The highest BCUT2D eigenvalue weighted by atomic mass is 16.5. The lowest BCUT2D eigenvalue weighted by Gasteiger charge is -2.36. The van der Waals surface area contributed by atoms with Gasteiger partial charge in [-0.2, -0.15) is 0 Å². The van der Waals surface area contributed by atoms with E-state index in [1.165, 1.54) is 55.6 Å². The highest BCUT2D eigenvalue weighted by Crippen LogP contribution is 2.30. The number of carbonyl (C=O) groups excluding carboxylic acids is 11. The number of carbonyl (C=O) groups is 11. The highest BCUT2D eigenvalue weighted by Gasteiger charge is 2.43. The minimum absolute atomic E-state index is 0.00892. The number of allylic oxidation sites excluding steroid dienone is 4. The Morgan fingerprint density at radius 2 is 1.09 bits per heavy atom. The van der Waals surface area contributed by atoms with Crippen molar-refractivity contribution in [3.63, 3.8) is 0 Å². The molecule has 99 heavy (non-hydrogen) atoms. The number of ether oxygens (including phenoxy) is 1. The molecule has 13 atom stereocenters. The second-order valence-electron chi connectivity index (χ2n) is 30.5. The van der Waals surface area contributed by atoms with Crippen molar-refractivity contribution in [2.45, 2.75) is 277 Å². The predicted octanol–water partition coefficient (Wildman–Crippen LogP) is 11.1. The van der Waals surface area contributed by atoms with Crippen molar-refractivity contribution in [2.75, 3.05) is 61.0 Å². The average Bonchev–Trinajstić information content (AvgIpc) is 0.827. The first-order valence-corrected chi connectivity index (χ1v) is 37.4. The summed E-state index contributed by atoms with van der Waals surface area (Å²) in [6, 6.07) is -6.29. The van der Waals surface area contributed by atoms with Crippen LogP contribution in [0, 0.1) is 65.1 Å². The summed E-state index contributed by atoms with van der Waals surface area (Å²) in [6.07, 6.45) is 11.4. The molecule has 1 heterocycles. The van der Waals surface area contributed by atoms with Gasteiger partial charge in [0.15, 0.2) is 34.7 Å². The number of rotatable bonds is 24. The lowest BCUT2D eigenvalue weighted by atomic mass is 9.82. The van der Waals surface area contributed by atoms with E-state index in [-0.39, 0.29) is 87.4 Å². The van der Waals surface area contributed by atoms with Gasteiger partial charge in [0.25, 0.3) is 0 Å². The van der Waals surface area contributed by atoms with Crippen LogP contribution in [0.3, 0.4) is 0 Å². The van der Waals surface area contributed by atoms with E-state index in [1.807, 2.05) is 72.8 Å². The predicted molar refractivity (Wildman–Crippen MR) is 397 cm³/mol. The Labute approximate surface area is 599 Å². The molecular weight excluding hydrogens is 1250 g/mol. The van der Waals surface area contributed by atoms with Gasteiger partial charge in [-0.05, 0) is 127 Å². The zero-order valence-corrected chi connectivity index (χ0v) is 66.2. The Hall–Kier alpha value is -5.57. The Bertz CT molecular complexity index is 2610. The lowest BCUT2D eigenvalue weighted by molar-refractivity contribution is -0.148. The smallest absolute Gasteiger partial charge is 0.226 e. The maximum absolute atomic E-state index is 14.9. The largest absolute Gasteiger partial charge is 0.392 e. The Balaban J connectivity index is 0.0000112. The molecule has 1 aliphatic rings. The van der Waals surface area contributed by atoms with Crippen LogP contribution in [0.2, 0.25) is 0 Å². The SMILES string of the molecule is C/C=C/C[C@@H](C)[C@@H](O)[C@@H]1CC(=O)[C@H](C(C)C)N(C)C(=O)[C@H](CC(C)C)CC(=O)[C@H](CC(C)C)N(C)CC(=O)[C@@H](C)NC(=O)[C@H](C)CC(=O)[C@H](CC(C)C)N(C)C(=O)[C@H](C(C)C)CC(=O)[C@H]([C@@H](C)OC/C=C/CN(CC)CC)N(C)C(=O)CCC(=O)[C@H](CC)NC1=O.CC/C=C/CC(C)C. The molecule has 1 saturated heterocycles. The molecular formula is C79H139N7O13. The molecule has 3 N–H and O–H groups in total. The fourth-order valence-electron chi connectivity index (χ4n) is 12.9. The monoisotopic (exact) mass is 1390 g/mol. The Morgan fingerprint density at radius 3 is 1.61 bits per heavy atom. The number of Topliss-reactive ketones (excluding diaryl/α,β-unsaturated/α-hetero) is 6. The van der Waals surface area contributed by atoms with Crippen LogP contribution >= 0.6 is 0 Å². The van der Waals surface area contributed by atoms with E-state index in [0.29, 0.717) is 25.8 Å². The molecule has 1 fully saturated rings. The van der Waals surface area contributed by atoms with Crippen molar-refractivity contribution in [1.29, 1.82) is 0 Å². The van der Waals surface area contributed by atoms with Gasteiger partial charge in [0.2, 0.25) is 29.5 Å². The Kier molecular flexibility index (Phi) is 45.6. The third-order valence-corrected chi connectivity index (χ3v) is 19.2. The minimum atomic E-state index is -1.38. The van der Waals surface area contributed by atoms with Gasteiger partial charge in [-0.25, -0.2) is 0 Å². The van der Waals surface area contributed by atoms with Crippen molar-refractivity contribution in [2.24, 2.45) is 65.1 Å². The maximum atomic E-state index is 14.9. The average molecular weight is 1400 g/mol. The summed E-state index contributed by atoms with van der Waals surface area (Å²) in [5.41, 5.74) is 0. The van der Waals surface area contributed by atoms with E-state index < -0.39 is 149 Å². The van der Waals surface area contributed by atoms with Gasteiger partial charge in [0.1, 0.15) is 6.04 Å². The number of aliphatic hydroxyl groups is 1. The number of hydrogen-bond acceptors (Lipinski definition) is 15. The van der Waals surface area contributed by atoms with Crippen molar-refractivity contribution in [1.82, 2.24) is 35.1 Å². The molecule has 1 aliphatic heterocycles. The van der Waals surface area contributed by atoms with Gasteiger partial charge >= 0.3 is 0 Å². The van der Waals surface area contributed by atoms with Gasteiger partial charge in [0, 0.05) is 84.0 Å². The molecule has 0 aromatic heterocycles. The molecule has 0 saturated carbocycles. The van der Waals surface area contributed by atoms with Crippen LogP contribution in [0.25, 0.3) is 0 Å². The van der Waals surface area contributed by atoms with Crippen LogP contribution < -0.4 is 10.6 Å². The van der Waals surface area contributed by atoms with Crippen LogP contribution in [0.1, 0.15) is 229 Å². The van der Waals surface area contributed by atoms with Crippen LogP contribution in [-0.4, -0.2) is 203 Å². The zero-order valence-electron chi connectivity index (χ0n) is 66.2. The first kappa shape index (κ1) is 93.4. The van der Waals surface area contributed by atoms with E-state index in [2.05, 4.69) is 62.3 Å². The fourth-order valence-corrected chi connectivity index (χ4v) is 12.9. The molecule has 20 nitrogen and oxygen atoms in total. The van der Waals surface area contributed by atoms with Gasteiger partial charge < -0.3 is 40.1 Å². The third-order valence-electron chi connectivity index (χ3n) is 19.2. The summed E-state index contributed by atoms with van der Waals surface area (Å²) < 4.78 is 6.25.